The number of alkyl halides is 2. The molecule has 1 aliphatic carbocycles. The molecule has 6 nitrogen and oxygen atoms in total. The third kappa shape index (κ3) is 2.84. The molecule has 0 aromatic carbocycles. The minimum atomic E-state index is -3.19. The average molecular weight is 306 g/mol. The topological polar surface area (TPSA) is 91.7 Å². The third-order valence-electron chi connectivity index (χ3n) is 3.10. The van der Waals surface area contributed by atoms with Crippen molar-refractivity contribution in [2.45, 2.75) is 30.8 Å². The van der Waals surface area contributed by atoms with Gasteiger partial charge in [0, 0.05) is 18.7 Å². The summed E-state index contributed by atoms with van der Waals surface area (Å²) in [4.78, 5) is 25.0. The highest BCUT2D eigenvalue weighted by molar-refractivity contribution is 6.29. The highest BCUT2D eigenvalue weighted by Crippen LogP contribution is 2.39. The van der Waals surface area contributed by atoms with Crippen molar-refractivity contribution < 1.29 is 18.7 Å². The Morgan fingerprint density at radius 2 is 2.30 bits per heavy atom. The zero-order valence-electron chi connectivity index (χ0n) is 10.0. The van der Waals surface area contributed by atoms with Crippen LogP contribution in [0.15, 0.2) is 17.4 Å². The molecule has 0 amide bonds. The van der Waals surface area contributed by atoms with Gasteiger partial charge in [-0.1, -0.05) is 16.8 Å². The fourth-order valence-corrected chi connectivity index (χ4v) is 2.32. The van der Waals surface area contributed by atoms with Crippen LogP contribution in [-0.2, 0) is 0 Å². The molecule has 108 valence electrons. The summed E-state index contributed by atoms with van der Waals surface area (Å²) < 4.78 is 26.8. The SMILES string of the molecule is O=NC1CC(Nc2cc(Cl)ncc2C(=O)O)CC1(F)F. The van der Waals surface area contributed by atoms with Gasteiger partial charge in [-0.05, 0) is 12.5 Å². The van der Waals surface area contributed by atoms with Gasteiger partial charge in [-0.25, -0.2) is 18.6 Å². The van der Waals surface area contributed by atoms with E-state index in [1.54, 1.807) is 0 Å². The first-order valence-electron chi connectivity index (χ1n) is 5.69. The van der Waals surface area contributed by atoms with E-state index in [1.807, 2.05) is 0 Å². The molecular formula is C11H10ClF2N3O3. The first-order valence-corrected chi connectivity index (χ1v) is 6.07. The van der Waals surface area contributed by atoms with Gasteiger partial charge in [0.05, 0.1) is 5.69 Å². The molecule has 1 saturated carbocycles. The maximum absolute atomic E-state index is 13.4. The Bertz CT molecular complexity index is 556. The van der Waals surface area contributed by atoms with Crippen LogP contribution in [0.25, 0.3) is 0 Å². The number of aromatic carboxylic acids is 1. The summed E-state index contributed by atoms with van der Waals surface area (Å²) in [5.74, 6) is -4.45. The Kier molecular flexibility index (Phi) is 3.85. The molecule has 1 heterocycles. The van der Waals surface area contributed by atoms with Crippen molar-refractivity contribution in [1.82, 2.24) is 4.98 Å². The minimum absolute atomic E-state index is 0.0346. The van der Waals surface area contributed by atoms with Gasteiger partial charge in [0.2, 0.25) is 0 Å². The average Bonchev–Trinajstić information content (AvgIpc) is 2.62. The summed E-state index contributed by atoms with van der Waals surface area (Å²) in [6.07, 6.45) is 0.271. The normalized spacial score (nSPS) is 24.4. The first-order chi connectivity index (χ1) is 9.33. The van der Waals surface area contributed by atoms with Gasteiger partial charge in [-0.15, -0.1) is 0 Å². The fraction of sp³-hybridized carbons (Fsp3) is 0.455. The molecule has 2 unspecified atom stereocenters. The van der Waals surface area contributed by atoms with E-state index >= 15 is 0 Å². The van der Waals surface area contributed by atoms with Gasteiger partial charge in [0.1, 0.15) is 10.7 Å². The highest BCUT2D eigenvalue weighted by atomic mass is 35.5. The number of nitrogens with one attached hydrogen (secondary N) is 1. The second-order valence-corrected chi connectivity index (χ2v) is 4.91. The van der Waals surface area contributed by atoms with E-state index in [1.165, 1.54) is 6.07 Å². The molecule has 0 radical (unpaired) electrons. The Labute approximate surface area is 117 Å². The number of carboxylic acid groups (broad SMARTS) is 1. The molecule has 9 heteroatoms. The molecule has 2 atom stereocenters. The van der Waals surface area contributed by atoms with Crippen LogP contribution in [0.1, 0.15) is 23.2 Å². The quantitative estimate of drug-likeness (QED) is 0.659. The summed E-state index contributed by atoms with van der Waals surface area (Å²) in [6, 6.07) is -1.12. The van der Waals surface area contributed by atoms with E-state index in [4.69, 9.17) is 16.7 Å². The molecular weight excluding hydrogens is 296 g/mol. The largest absolute Gasteiger partial charge is 0.478 e. The number of pyridine rings is 1. The van der Waals surface area contributed by atoms with E-state index in [2.05, 4.69) is 15.5 Å². The molecule has 2 N–H and O–H groups in total. The first kappa shape index (κ1) is 14.6. The molecule has 1 aromatic heterocycles. The summed E-state index contributed by atoms with van der Waals surface area (Å²) in [5.41, 5.74) is -0.0925. The zero-order valence-corrected chi connectivity index (χ0v) is 10.8. The summed E-state index contributed by atoms with van der Waals surface area (Å²) >= 11 is 5.66. The number of hydrogen-bond donors (Lipinski definition) is 2. The Morgan fingerprint density at radius 3 is 2.85 bits per heavy atom. The number of halogens is 3. The van der Waals surface area contributed by atoms with Crippen LogP contribution in [0, 0.1) is 4.91 Å². The summed E-state index contributed by atoms with van der Waals surface area (Å²) in [5, 5.41) is 14.1. The molecule has 0 aliphatic heterocycles. The van der Waals surface area contributed by atoms with Crippen molar-refractivity contribution in [2.24, 2.45) is 5.18 Å². The number of carboxylic acids is 1. The molecule has 2 rings (SSSR count). The highest BCUT2D eigenvalue weighted by Gasteiger charge is 2.50. The van der Waals surface area contributed by atoms with Gasteiger partial charge in [0.25, 0.3) is 5.92 Å². The van der Waals surface area contributed by atoms with Gasteiger partial charge in [-0.3, -0.25) is 0 Å². The van der Waals surface area contributed by atoms with Crippen LogP contribution in [0.3, 0.4) is 0 Å². The molecule has 0 bridgehead atoms. The molecule has 1 aliphatic rings. The Hall–Kier alpha value is -1.83. The second kappa shape index (κ2) is 5.28. The number of rotatable bonds is 4. The van der Waals surface area contributed by atoms with E-state index < -0.39 is 30.4 Å². The molecule has 20 heavy (non-hydrogen) atoms. The lowest BCUT2D eigenvalue weighted by Crippen LogP contribution is -2.24. The molecule has 1 aromatic rings. The minimum Gasteiger partial charge on any atom is -0.478 e. The maximum Gasteiger partial charge on any atom is 0.339 e. The lowest BCUT2D eigenvalue weighted by atomic mass is 10.2. The van der Waals surface area contributed by atoms with Crippen molar-refractivity contribution in [3.63, 3.8) is 0 Å². The maximum atomic E-state index is 13.4. The standard InChI is InChI=1S/C11H10ClF2N3O3/c12-9-2-7(6(4-15-9)10(18)19)16-5-1-8(17-20)11(13,14)3-5/h2,4-5,8H,1,3H2,(H,15,16)(H,18,19). The number of anilines is 1. The number of hydrogen-bond acceptors (Lipinski definition) is 5. The lowest BCUT2D eigenvalue weighted by molar-refractivity contribution is -0.00674. The number of carbonyl (C=O) groups is 1. The monoisotopic (exact) mass is 305 g/mol. The van der Waals surface area contributed by atoms with Crippen molar-refractivity contribution in [1.29, 1.82) is 0 Å². The van der Waals surface area contributed by atoms with Gasteiger partial charge < -0.3 is 10.4 Å². The van der Waals surface area contributed by atoms with Gasteiger partial charge in [0.15, 0.2) is 6.04 Å². The smallest absolute Gasteiger partial charge is 0.339 e. The predicted octanol–water partition coefficient (Wildman–Crippen LogP) is 2.78. The third-order valence-corrected chi connectivity index (χ3v) is 3.31. The number of nitroso groups, excluding NO2 is 1. The van der Waals surface area contributed by atoms with Crippen LogP contribution in [0.5, 0.6) is 0 Å². The Balaban J connectivity index is 2.21. The van der Waals surface area contributed by atoms with Crippen molar-refractivity contribution in [3.8, 4) is 0 Å². The second-order valence-electron chi connectivity index (χ2n) is 4.52. The molecule has 1 fully saturated rings. The lowest BCUT2D eigenvalue weighted by Gasteiger charge is -2.15. The van der Waals surface area contributed by atoms with E-state index in [9.17, 15) is 18.5 Å². The summed E-state index contributed by atoms with van der Waals surface area (Å²) in [6.45, 7) is 0. The van der Waals surface area contributed by atoms with Crippen LogP contribution < -0.4 is 5.32 Å². The molecule has 0 spiro atoms. The van der Waals surface area contributed by atoms with Gasteiger partial charge in [-0.2, -0.15) is 4.91 Å². The Morgan fingerprint density at radius 1 is 1.60 bits per heavy atom. The fourth-order valence-electron chi connectivity index (χ4n) is 2.16. The van der Waals surface area contributed by atoms with Crippen LogP contribution in [0.4, 0.5) is 14.5 Å². The molecule has 0 saturated heterocycles. The number of nitrogens with zero attached hydrogens (tertiary/aromatic N) is 2. The predicted molar refractivity (Wildman–Crippen MR) is 67.4 cm³/mol. The number of aromatic nitrogens is 1. The van der Waals surface area contributed by atoms with Gasteiger partial charge >= 0.3 is 5.97 Å². The van der Waals surface area contributed by atoms with E-state index in [0.29, 0.717) is 0 Å². The zero-order chi connectivity index (χ0) is 14.9. The van der Waals surface area contributed by atoms with E-state index in [-0.39, 0.29) is 22.8 Å². The van der Waals surface area contributed by atoms with E-state index in [0.717, 1.165) is 6.20 Å². The van der Waals surface area contributed by atoms with Crippen molar-refractivity contribution in [2.75, 3.05) is 5.32 Å². The van der Waals surface area contributed by atoms with Crippen molar-refractivity contribution in [3.05, 3.63) is 27.9 Å². The summed E-state index contributed by atoms with van der Waals surface area (Å²) in [7, 11) is 0. The van der Waals surface area contributed by atoms with Crippen molar-refractivity contribution >= 4 is 23.3 Å². The van der Waals surface area contributed by atoms with Crippen LogP contribution >= 0.6 is 11.6 Å². The van der Waals surface area contributed by atoms with Crippen LogP contribution in [0.2, 0.25) is 5.15 Å². The van der Waals surface area contributed by atoms with Crippen LogP contribution in [-0.4, -0.2) is 34.1 Å².